The first kappa shape index (κ1) is 17.1. The topological polar surface area (TPSA) is 70.0 Å². The molecule has 0 fully saturated rings. The van der Waals surface area contributed by atoms with Gasteiger partial charge in [0.25, 0.3) is 5.91 Å². The summed E-state index contributed by atoms with van der Waals surface area (Å²) in [5.74, 6) is -0.363. The van der Waals surface area contributed by atoms with Gasteiger partial charge in [-0.25, -0.2) is 0 Å². The summed E-state index contributed by atoms with van der Waals surface area (Å²) < 4.78 is 0. The summed E-state index contributed by atoms with van der Waals surface area (Å²) in [5.41, 5.74) is 3.44. The van der Waals surface area contributed by atoms with E-state index in [4.69, 9.17) is 0 Å². The van der Waals surface area contributed by atoms with Crippen LogP contribution in [0.25, 0.3) is 11.1 Å². The molecule has 0 atom stereocenters. The Bertz CT molecular complexity index is 1030. The molecule has 4 heteroatoms. The number of carbonyl (C=O) groups excluding carboxylic acids is 2. The van der Waals surface area contributed by atoms with Crippen LogP contribution in [0.15, 0.2) is 72.8 Å². The monoisotopic (exact) mass is 340 g/mol. The third-order valence-corrected chi connectivity index (χ3v) is 4.04. The van der Waals surface area contributed by atoms with E-state index in [1.807, 2.05) is 24.3 Å². The van der Waals surface area contributed by atoms with Crippen LogP contribution in [0.1, 0.15) is 33.2 Å². The molecule has 26 heavy (non-hydrogen) atoms. The van der Waals surface area contributed by atoms with Crippen molar-refractivity contribution < 1.29 is 9.59 Å². The smallest absolute Gasteiger partial charge is 0.256 e. The van der Waals surface area contributed by atoms with E-state index in [2.05, 4.69) is 11.4 Å². The molecule has 0 aromatic heterocycles. The van der Waals surface area contributed by atoms with Crippen molar-refractivity contribution in [1.29, 1.82) is 5.26 Å². The summed E-state index contributed by atoms with van der Waals surface area (Å²) >= 11 is 0. The molecule has 0 radical (unpaired) electrons. The molecule has 0 heterocycles. The minimum absolute atomic E-state index is 0.0653. The number of amides is 1. The van der Waals surface area contributed by atoms with E-state index < -0.39 is 0 Å². The predicted octanol–water partition coefficient (Wildman–Crippen LogP) is 4.68. The van der Waals surface area contributed by atoms with Crippen LogP contribution in [0.2, 0.25) is 0 Å². The standard InChI is InChI=1S/C22H16N2O2/c1-15(25)16-8-6-9-18(13-16)24-22(26)21-12-5-4-11-20(21)19-10-3-2-7-17(19)14-23/h2-13H,1H3,(H,24,26). The Labute approximate surface area is 151 Å². The normalized spacial score (nSPS) is 10.0. The number of ketones is 1. The van der Waals surface area contributed by atoms with Crippen LogP contribution in [-0.4, -0.2) is 11.7 Å². The molecule has 0 aliphatic rings. The lowest BCUT2D eigenvalue weighted by Gasteiger charge is -2.12. The number of rotatable bonds is 4. The first-order valence-electron chi connectivity index (χ1n) is 8.11. The van der Waals surface area contributed by atoms with Crippen LogP contribution >= 0.6 is 0 Å². The third-order valence-electron chi connectivity index (χ3n) is 4.04. The summed E-state index contributed by atoms with van der Waals surface area (Å²) in [6.07, 6.45) is 0. The predicted molar refractivity (Wildman–Crippen MR) is 101 cm³/mol. The van der Waals surface area contributed by atoms with E-state index in [1.54, 1.807) is 48.5 Å². The zero-order valence-corrected chi connectivity index (χ0v) is 14.2. The second-order valence-electron chi connectivity index (χ2n) is 5.79. The Kier molecular flexibility index (Phi) is 4.91. The van der Waals surface area contributed by atoms with Gasteiger partial charge in [0.1, 0.15) is 0 Å². The summed E-state index contributed by atoms with van der Waals surface area (Å²) in [4.78, 5) is 24.3. The van der Waals surface area contributed by atoms with Gasteiger partial charge in [0, 0.05) is 22.4 Å². The minimum atomic E-state index is -0.297. The maximum atomic E-state index is 12.8. The zero-order valence-electron chi connectivity index (χ0n) is 14.2. The van der Waals surface area contributed by atoms with Crippen molar-refractivity contribution in [1.82, 2.24) is 0 Å². The van der Waals surface area contributed by atoms with Gasteiger partial charge >= 0.3 is 0 Å². The van der Waals surface area contributed by atoms with Crippen molar-refractivity contribution in [2.45, 2.75) is 6.92 Å². The summed E-state index contributed by atoms with van der Waals surface area (Å²) in [6, 6.07) is 23.3. The molecule has 0 saturated heterocycles. The first-order chi connectivity index (χ1) is 12.6. The second-order valence-corrected chi connectivity index (χ2v) is 5.79. The fourth-order valence-corrected chi connectivity index (χ4v) is 2.75. The van der Waals surface area contributed by atoms with E-state index in [0.717, 1.165) is 0 Å². The molecule has 126 valence electrons. The van der Waals surface area contributed by atoms with E-state index in [9.17, 15) is 14.9 Å². The molecule has 0 aliphatic carbocycles. The molecule has 0 bridgehead atoms. The quantitative estimate of drug-likeness (QED) is 0.701. The van der Waals surface area contributed by atoms with Crippen LogP contribution in [0.4, 0.5) is 5.69 Å². The average molecular weight is 340 g/mol. The lowest BCUT2D eigenvalue weighted by molar-refractivity contribution is 0.101. The maximum Gasteiger partial charge on any atom is 0.256 e. The van der Waals surface area contributed by atoms with Crippen molar-refractivity contribution in [3.05, 3.63) is 89.5 Å². The highest BCUT2D eigenvalue weighted by atomic mass is 16.1. The van der Waals surface area contributed by atoms with Crippen molar-refractivity contribution >= 4 is 17.4 Å². The molecule has 0 aliphatic heterocycles. The van der Waals surface area contributed by atoms with Gasteiger partial charge in [-0.3, -0.25) is 9.59 Å². The Morgan fingerprint density at radius 3 is 2.31 bits per heavy atom. The lowest BCUT2D eigenvalue weighted by atomic mass is 9.95. The molecule has 3 rings (SSSR count). The average Bonchev–Trinajstić information content (AvgIpc) is 2.68. The molecular weight excluding hydrogens is 324 g/mol. The number of nitriles is 1. The fourth-order valence-electron chi connectivity index (χ4n) is 2.75. The molecule has 4 nitrogen and oxygen atoms in total. The minimum Gasteiger partial charge on any atom is -0.322 e. The summed E-state index contributed by atoms with van der Waals surface area (Å²) in [5, 5.41) is 12.2. The van der Waals surface area contributed by atoms with E-state index in [1.165, 1.54) is 6.92 Å². The van der Waals surface area contributed by atoms with Crippen LogP contribution in [0.5, 0.6) is 0 Å². The van der Waals surface area contributed by atoms with Crippen LogP contribution in [0.3, 0.4) is 0 Å². The molecule has 3 aromatic carbocycles. The van der Waals surface area contributed by atoms with Crippen molar-refractivity contribution in [3.63, 3.8) is 0 Å². The molecule has 1 N–H and O–H groups in total. The second kappa shape index (κ2) is 7.45. The molecule has 0 saturated carbocycles. The van der Waals surface area contributed by atoms with Gasteiger partial charge in [0.15, 0.2) is 5.78 Å². The molecule has 0 spiro atoms. The summed E-state index contributed by atoms with van der Waals surface area (Å²) in [7, 11) is 0. The number of hydrogen-bond donors (Lipinski definition) is 1. The largest absolute Gasteiger partial charge is 0.322 e. The fraction of sp³-hybridized carbons (Fsp3) is 0.0455. The number of Topliss-reactive ketones (excluding diaryl/α,β-unsaturated/α-hetero) is 1. The SMILES string of the molecule is CC(=O)c1cccc(NC(=O)c2ccccc2-c2ccccc2C#N)c1. The number of carbonyl (C=O) groups is 2. The highest BCUT2D eigenvalue weighted by molar-refractivity contribution is 6.09. The number of anilines is 1. The Morgan fingerprint density at radius 1 is 0.885 bits per heavy atom. The Morgan fingerprint density at radius 2 is 1.58 bits per heavy atom. The zero-order chi connectivity index (χ0) is 18.5. The van der Waals surface area contributed by atoms with E-state index in [0.29, 0.717) is 33.5 Å². The number of nitrogens with zero attached hydrogens (tertiary/aromatic N) is 1. The van der Waals surface area contributed by atoms with E-state index >= 15 is 0 Å². The number of hydrogen-bond acceptors (Lipinski definition) is 3. The first-order valence-corrected chi connectivity index (χ1v) is 8.11. The molecular formula is C22H16N2O2. The molecule has 3 aromatic rings. The molecule has 0 unspecified atom stereocenters. The van der Waals surface area contributed by atoms with Gasteiger partial charge in [-0.15, -0.1) is 0 Å². The highest BCUT2D eigenvalue weighted by Gasteiger charge is 2.15. The Balaban J connectivity index is 1.98. The van der Waals surface area contributed by atoms with E-state index in [-0.39, 0.29) is 11.7 Å². The number of benzene rings is 3. The lowest BCUT2D eigenvalue weighted by Crippen LogP contribution is -2.13. The highest BCUT2D eigenvalue weighted by Crippen LogP contribution is 2.27. The van der Waals surface area contributed by atoms with Crippen LogP contribution < -0.4 is 5.32 Å². The van der Waals surface area contributed by atoms with Crippen molar-refractivity contribution in [2.24, 2.45) is 0 Å². The number of nitrogens with one attached hydrogen (secondary N) is 1. The van der Waals surface area contributed by atoms with Gasteiger partial charge in [-0.05, 0) is 36.8 Å². The van der Waals surface area contributed by atoms with Gasteiger partial charge < -0.3 is 5.32 Å². The summed E-state index contributed by atoms with van der Waals surface area (Å²) in [6.45, 7) is 1.48. The van der Waals surface area contributed by atoms with Gasteiger partial charge in [-0.1, -0.05) is 48.5 Å². The van der Waals surface area contributed by atoms with Crippen molar-refractivity contribution in [2.75, 3.05) is 5.32 Å². The maximum absolute atomic E-state index is 12.8. The van der Waals surface area contributed by atoms with Crippen molar-refractivity contribution in [3.8, 4) is 17.2 Å². The van der Waals surface area contributed by atoms with Crippen LogP contribution in [-0.2, 0) is 0 Å². The van der Waals surface area contributed by atoms with Gasteiger partial charge in [-0.2, -0.15) is 5.26 Å². The van der Waals surface area contributed by atoms with Crippen LogP contribution in [0, 0.1) is 11.3 Å². The molecule has 1 amide bonds. The van der Waals surface area contributed by atoms with Gasteiger partial charge in [0.05, 0.1) is 11.6 Å². The third kappa shape index (κ3) is 3.52. The van der Waals surface area contributed by atoms with Gasteiger partial charge in [0.2, 0.25) is 0 Å². The Hall–Kier alpha value is -3.71.